The predicted octanol–water partition coefficient (Wildman–Crippen LogP) is 2.81. The Bertz CT molecular complexity index is 517. The van der Waals surface area contributed by atoms with Crippen molar-refractivity contribution >= 4 is 6.09 Å². The Morgan fingerprint density at radius 2 is 2.24 bits per heavy atom. The molecule has 0 saturated carbocycles. The minimum atomic E-state index is -0.506. The van der Waals surface area contributed by atoms with Gasteiger partial charge in [-0.25, -0.2) is 9.48 Å². The van der Waals surface area contributed by atoms with E-state index in [1.165, 1.54) is 0 Å². The molecule has 6 nitrogen and oxygen atoms in total. The molecule has 0 spiro atoms. The van der Waals surface area contributed by atoms with E-state index in [0.29, 0.717) is 0 Å². The van der Waals surface area contributed by atoms with Gasteiger partial charge in [-0.15, -0.1) is 0 Å². The molecule has 1 N–H and O–H groups in total. The quantitative estimate of drug-likeness (QED) is 0.931. The molecule has 0 aliphatic carbocycles. The van der Waals surface area contributed by atoms with Gasteiger partial charge in [0.2, 0.25) is 5.88 Å². The number of nitrogens with one attached hydrogen (secondary N) is 1. The Hall–Kier alpha value is -1.72. The summed E-state index contributed by atoms with van der Waals surface area (Å²) in [6, 6.07) is -0.212. The first-order valence-corrected chi connectivity index (χ1v) is 7.53. The fourth-order valence-corrected chi connectivity index (χ4v) is 2.43. The van der Waals surface area contributed by atoms with E-state index in [0.717, 1.165) is 43.1 Å². The monoisotopic (exact) mass is 295 g/mol. The van der Waals surface area contributed by atoms with E-state index in [4.69, 9.17) is 9.47 Å². The van der Waals surface area contributed by atoms with Crippen molar-refractivity contribution in [3.05, 3.63) is 11.3 Å². The van der Waals surface area contributed by atoms with Crippen LogP contribution in [-0.2, 0) is 17.7 Å². The summed E-state index contributed by atoms with van der Waals surface area (Å²) in [4.78, 5) is 11.9. The normalized spacial score (nSPS) is 15.9. The van der Waals surface area contributed by atoms with Crippen LogP contribution in [0.15, 0.2) is 0 Å². The molecular formula is C15H25N3O3. The second-order valence-corrected chi connectivity index (χ2v) is 6.32. The first-order chi connectivity index (χ1) is 9.81. The van der Waals surface area contributed by atoms with Gasteiger partial charge in [0.25, 0.3) is 0 Å². The third-order valence-corrected chi connectivity index (χ3v) is 3.28. The molecule has 1 unspecified atom stereocenters. The Balaban J connectivity index is 2.14. The maximum absolute atomic E-state index is 11.9. The third kappa shape index (κ3) is 3.68. The molecule has 1 atom stereocenters. The largest absolute Gasteiger partial charge is 0.478 e. The summed E-state index contributed by atoms with van der Waals surface area (Å²) in [7, 11) is 0. The zero-order valence-electron chi connectivity index (χ0n) is 13.5. The average Bonchev–Trinajstić information content (AvgIpc) is 2.74. The van der Waals surface area contributed by atoms with Gasteiger partial charge >= 0.3 is 6.09 Å². The number of amides is 1. The summed E-state index contributed by atoms with van der Waals surface area (Å²) in [6.45, 7) is 11.1. The first-order valence-electron chi connectivity index (χ1n) is 7.53. The van der Waals surface area contributed by atoms with Gasteiger partial charge < -0.3 is 14.8 Å². The number of ether oxygens (including phenoxy) is 2. The van der Waals surface area contributed by atoms with Gasteiger partial charge in [0.15, 0.2) is 0 Å². The van der Waals surface area contributed by atoms with E-state index >= 15 is 0 Å². The van der Waals surface area contributed by atoms with Gasteiger partial charge in [0.1, 0.15) is 5.60 Å². The third-order valence-electron chi connectivity index (χ3n) is 3.28. The highest BCUT2D eigenvalue weighted by molar-refractivity contribution is 5.68. The lowest BCUT2D eigenvalue weighted by atomic mass is 10.1. The second-order valence-electron chi connectivity index (χ2n) is 6.32. The summed E-state index contributed by atoms with van der Waals surface area (Å²) in [6.07, 6.45) is 1.36. The summed E-state index contributed by atoms with van der Waals surface area (Å²) in [5.74, 6) is 0.844. The number of hydrogen-bond donors (Lipinski definition) is 1. The highest BCUT2D eigenvalue weighted by Crippen LogP contribution is 2.30. The zero-order chi connectivity index (χ0) is 15.6. The van der Waals surface area contributed by atoms with Crippen LogP contribution in [0.5, 0.6) is 5.88 Å². The standard InChI is InChI=1S/C15H25N3O3/c1-6-11-12(17-18-8-7-9-20-13(11)18)10(2)16-14(19)21-15(3,4)5/h10H,6-9H2,1-5H3,(H,16,19). The minimum absolute atomic E-state index is 0.212. The van der Waals surface area contributed by atoms with E-state index in [2.05, 4.69) is 17.3 Å². The fraction of sp³-hybridized carbons (Fsp3) is 0.733. The fourth-order valence-electron chi connectivity index (χ4n) is 2.43. The number of alkyl carbamates (subject to hydrolysis) is 1. The van der Waals surface area contributed by atoms with Crippen LogP contribution in [0.1, 0.15) is 58.3 Å². The number of nitrogens with zero attached hydrogens (tertiary/aromatic N) is 2. The van der Waals surface area contributed by atoms with Crippen LogP contribution in [0.4, 0.5) is 4.79 Å². The van der Waals surface area contributed by atoms with E-state index in [-0.39, 0.29) is 6.04 Å². The van der Waals surface area contributed by atoms with Crippen LogP contribution >= 0.6 is 0 Å². The molecule has 1 aromatic rings. The van der Waals surface area contributed by atoms with Crippen LogP contribution in [0, 0.1) is 0 Å². The van der Waals surface area contributed by atoms with Crippen LogP contribution in [0.25, 0.3) is 0 Å². The molecule has 0 fully saturated rings. The average molecular weight is 295 g/mol. The van der Waals surface area contributed by atoms with Gasteiger partial charge in [-0.1, -0.05) is 6.92 Å². The smallest absolute Gasteiger partial charge is 0.408 e. The molecular weight excluding hydrogens is 270 g/mol. The Kier molecular flexibility index (Phi) is 4.44. The van der Waals surface area contributed by atoms with E-state index in [1.54, 1.807) is 0 Å². The molecule has 1 aliphatic heterocycles. The number of hydrogen-bond acceptors (Lipinski definition) is 4. The zero-order valence-corrected chi connectivity index (χ0v) is 13.5. The molecule has 2 heterocycles. The maximum atomic E-state index is 11.9. The van der Waals surface area contributed by atoms with Crippen molar-refractivity contribution in [2.75, 3.05) is 6.61 Å². The Labute approximate surface area is 125 Å². The van der Waals surface area contributed by atoms with Gasteiger partial charge in [0, 0.05) is 18.5 Å². The van der Waals surface area contributed by atoms with E-state index in [9.17, 15) is 4.79 Å². The van der Waals surface area contributed by atoms with E-state index in [1.807, 2.05) is 32.4 Å². The molecule has 0 bridgehead atoms. The van der Waals surface area contributed by atoms with Crippen molar-refractivity contribution < 1.29 is 14.3 Å². The van der Waals surface area contributed by atoms with Crippen molar-refractivity contribution in [3.8, 4) is 5.88 Å². The van der Waals surface area contributed by atoms with Gasteiger partial charge in [-0.2, -0.15) is 5.10 Å². The van der Waals surface area contributed by atoms with Crippen LogP contribution in [0.2, 0.25) is 0 Å². The van der Waals surface area contributed by atoms with Crippen LogP contribution < -0.4 is 10.1 Å². The van der Waals surface area contributed by atoms with Crippen molar-refractivity contribution in [2.45, 2.75) is 65.6 Å². The molecule has 2 rings (SSSR count). The number of fused-ring (bicyclic) bond motifs is 1. The highest BCUT2D eigenvalue weighted by Gasteiger charge is 2.26. The molecule has 6 heteroatoms. The van der Waals surface area contributed by atoms with Crippen molar-refractivity contribution in [2.24, 2.45) is 0 Å². The summed E-state index contributed by atoms with van der Waals surface area (Å²) in [5, 5.41) is 7.44. The van der Waals surface area contributed by atoms with Crippen LogP contribution in [0.3, 0.4) is 0 Å². The van der Waals surface area contributed by atoms with Gasteiger partial charge in [-0.05, 0) is 34.1 Å². The summed E-state index contributed by atoms with van der Waals surface area (Å²) >= 11 is 0. The molecule has 118 valence electrons. The SMILES string of the molecule is CCc1c(C(C)NC(=O)OC(C)(C)C)nn2c1OCCC2. The molecule has 21 heavy (non-hydrogen) atoms. The molecule has 0 radical (unpaired) electrons. The predicted molar refractivity (Wildman–Crippen MR) is 79.5 cm³/mol. The van der Waals surface area contributed by atoms with Gasteiger partial charge in [-0.3, -0.25) is 0 Å². The number of carbonyl (C=O) groups is 1. The topological polar surface area (TPSA) is 65.4 Å². The summed E-state index contributed by atoms with van der Waals surface area (Å²) in [5.41, 5.74) is 1.42. The molecule has 0 saturated heterocycles. The minimum Gasteiger partial charge on any atom is -0.478 e. The lowest BCUT2D eigenvalue weighted by Crippen LogP contribution is -2.34. The Morgan fingerprint density at radius 3 is 2.86 bits per heavy atom. The first kappa shape index (κ1) is 15.7. The Morgan fingerprint density at radius 1 is 1.52 bits per heavy atom. The molecule has 1 amide bonds. The van der Waals surface area contributed by atoms with Crippen molar-refractivity contribution in [3.63, 3.8) is 0 Å². The number of rotatable bonds is 3. The summed E-state index contributed by atoms with van der Waals surface area (Å²) < 4.78 is 12.9. The maximum Gasteiger partial charge on any atom is 0.408 e. The highest BCUT2D eigenvalue weighted by atomic mass is 16.6. The van der Waals surface area contributed by atoms with Crippen molar-refractivity contribution in [1.29, 1.82) is 0 Å². The van der Waals surface area contributed by atoms with Crippen molar-refractivity contribution in [1.82, 2.24) is 15.1 Å². The van der Waals surface area contributed by atoms with Crippen LogP contribution in [-0.4, -0.2) is 28.1 Å². The molecule has 1 aliphatic rings. The van der Waals surface area contributed by atoms with E-state index < -0.39 is 11.7 Å². The van der Waals surface area contributed by atoms with Gasteiger partial charge in [0.05, 0.1) is 18.3 Å². The number of aromatic nitrogens is 2. The second kappa shape index (κ2) is 5.95. The lowest BCUT2D eigenvalue weighted by Gasteiger charge is -2.21. The lowest BCUT2D eigenvalue weighted by molar-refractivity contribution is 0.0506. The number of carbonyl (C=O) groups excluding carboxylic acids is 1. The molecule has 1 aromatic heterocycles. The number of aryl methyl sites for hydroxylation is 1. The molecule has 0 aromatic carbocycles.